The summed E-state index contributed by atoms with van der Waals surface area (Å²) >= 11 is 6.96. The molecule has 0 bridgehead atoms. The van der Waals surface area contributed by atoms with E-state index in [2.05, 4.69) is 10.1 Å². The van der Waals surface area contributed by atoms with E-state index in [1.54, 1.807) is 12.1 Å². The van der Waals surface area contributed by atoms with Crippen molar-refractivity contribution in [3.8, 4) is 10.7 Å². The Bertz CT molecular complexity index is 887. The molecular weight excluding hydrogens is 355 g/mol. The highest BCUT2D eigenvalue weighted by Crippen LogP contribution is 2.29. The van der Waals surface area contributed by atoms with Gasteiger partial charge in [0, 0.05) is 6.20 Å². The van der Waals surface area contributed by atoms with Crippen LogP contribution < -0.4 is 5.56 Å². The summed E-state index contributed by atoms with van der Waals surface area (Å²) < 4.78 is 44.1. The number of hydrogen-bond acceptors (Lipinski definition) is 5. The molecule has 23 heavy (non-hydrogen) atoms. The summed E-state index contributed by atoms with van der Waals surface area (Å²) in [5.74, 6) is 0.312. The van der Waals surface area contributed by atoms with Gasteiger partial charge in [-0.1, -0.05) is 22.8 Å². The Kier molecular flexibility index (Phi) is 3.99. The maximum atomic E-state index is 12.8. The maximum absolute atomic E-state index is 12.8. The van der Waals surface area contributed by atoms with Gasteiger partial charge in [0.25, 0.3) is 5.56 Å². The molecule has 10 heteroatoms. The molecule has 0 fully saturated rings. The van der Waals surface area contributed by atoms with Crippen LogP contribution in [-0.2, 0) is 12.7 Å². The quantitative estimate of drug-likeness (QED) is 0.714. The van der Waals surface area contributed by atoms with Gasteiger partial charge in [-0.05, 0) is 17.5 Å². The molecule has 0 amide bonds. The lowest BCUT2D eigenvalue weighted by Gasteiger charge is -2.10. The van der Waals surface area contributed by atoms with Crippen molar-refractivity contribution in [1.29, 1.82) is 0 Å². The number of hydrogen-bond donors (Lipinski definition) is 0. The van der Waals surface area contributed by atoms with Crippen molar-refractivity contribution in [2.45, 2.75) is 12.7 Å². The minimum atomic E-state index is -4.62. The number of halogens is 4. The van der Waals surface area contributed by atoms with Crippen molar-refractivity contribution < 1.29 is 17.7 Å². The third-order valence-electron chi connectivity index (χ3n) is 2.88. The van der Waals surface area contributed by atoms with Crippen LogP contribution in [0.25, 0.3) is 10.7 Å². The Balaban J connectivity index is 1.94. The molecule has 120 valence electrons. The van der Waals surface area contributed by atoms with Gasteiger partial charge in [0.2, 0.25) is 11.7 Å². The van der Waals surface area contributed by atoms with Crippen LogP contribution in [0.4, 0.5) is 13.2 Å². The van der Waals surface area contributed by atoms with Crippen molar-refractivity contribution in [2.75, 3.05) is 0 Å². The number of aromatic nitrogens is 3. The minimum absolute atomic E-state index is 0.00545. The van der Waals surface area contributed by atoms with E-state index in [4.69, 9.17) is 16.1 Å². The smallest absolute Gasteiger partial charge is 0.337 e. The van der Waals surface area contributed by atoms with Crippen LogP contribution >= 0.6 is 22.9 Å². The van der Waals surface area contributed by atoms with Crippen LogP contribution in [0.5, 0.6) is 0 Å². The zero-order valence-electron chi connectivity index (χ0n) is 11.2. The lowest BCUT2D eigenvalue weighted by atomic mass is 10.2. The first-order chi connectivity index (χ1) is 10.8. The highest BCUT2D eigenvalue weighted by Gasteiger charge is 2.32. The lowest BCUT2D eigenvalue weighted by Crippen LogP contribution is -2.23. The van der Waals surface area contributed by atoms with Crippen molar-refractivity contribution in [2.24, 2.45) is 0 Å². The summed E-state index contributed by atoms with van der Waals surface area (Å²) in [5.41, 5.74) is -1.80. The molecule has 5 nitrogen and oxygen atoms in total. The van der Waals surface area contributed by atoms with E-state index in [1.165, 1.54) is 11.3 Å². The molecule has 0 saturated carbocycles. The Labute approximate surface area is 135 Å². The molecule has 3 aromatic rings. The van der Waals surface area contributed by atoms with E-state index in [1.807, 2.05) is 5.38 Å². The second kappa shape index (κ2) is 5.82. The number of thiophene rings is 1. The van der Waals surface area contributed by atoms with Gasteiger partial charge in [-0.25, -0.2) is 0 Å². The van der Waals surface area contributed by atoms with Crippen LogP contribution in [0.2, 0.25) is 5.02 Å². The predicted molar refractivity (Wildman–Crippen MR) is 77.4 cm³/mol. The van der Waals surface area contributed by atoms with Gasteiger partial charge in [-0.2, -0.15) is 18.2 Å². The molecule has 0 N–H and O–H groups in total. The Morgan fingerprint density at radius 1 is 1.39 bits per heavy atom. The van der Waals surface area contributed by atoms with Gasteiger partial charge in [-0.15, -0.1) is 11.3 Å². The zero-order chi connectivity index (χ0) is 16.6. The number of nitrogens with zero attached hydrogens (tertiary/aromatic N) is 3. The van der Waals surface area contributed by atoms with E-state index >= 15 is 0 Å². The third-order valence-corrected chi connectivity index (χ3v) is 4.02. The van der Waals surface area contributed by atoms with Crippen LogP contribution in [0, 0.1) is 0 Å². The highest BCUT2D eigenvalue weighted by molar-refractivity contribution is 7.13. The van der Waals surface area contributed by atoms with E-state index in [9.17, 15) is 18.0 Å². The lowest BCUT2D eigenvalue weighted by molar-refractivity contribution is -0.138. The van der Waals surface area contributed by atoms with Crippen LogP contribution in [0.15, 0.2) is 39.1 Å². The average Bonchev–Trinajstić information content (AvgIpc) is 3.13. The monoisotopic (exact) mass is 361 g/mol. The molecule has 0 aliphatic rings. The highest BCUT2D eigenvalue weighted by atomic mass is 35.5. The Hall–Kier alpha value is -2.13. The Morgan fingerprint density at radius 3 is 2.83 bits per heavy atom. The predicted octanol–water partition coefficient (Wildman–Crippen LogP) is 3.68. The summed E-state index contributed by atoms with van der Waals surface area (Å²) in [4.78, 5) is 16.7. The molecule has 3 rings (SSSR count). The summed E-state index contributed by atoms with van der Waals surface area (Å²) in [6.45, 7) is -0.305. The third kappa shape index (κ3) is 3.30. The molecule has 0 radical (unpaired) electrons. The molecule has 0 unspecified atom stereocenters. The molecular formula is C13H7ClF3N3O2S. The number of pyridine rings is 1. The fraction of sp³-hybridized carbons (Fsp3) is 0.154. The van der Waals surface area contributed by atoms with E-state index in [-0.39, 0.29) is 12.4 Å². The fourth-order valence-electron chi connectivity index (χ4n) is 1.84. The molecule has 3 heterocycles. The first-order valence-electron chi connectivity index (χ1n) is 6.18. The van der Waals surface area contributed by atoms with Crippen molar-refractivity contribution >= 4 is 22.9 Å². The maximum Gasteiger partial charge on any atom is 0.417 e. The van der Waals surface area contributed by atoms with Crippen LogP contribution in [0.1, 0.15) is 11.5 Å². The van der Waals surface area contributed by atoms with Gasteiger partial charge in [-0.3, -0.25) is 4.79 Å². The second-order valence-corrected chi connectivity index (χ2v) is 5.85. The first-order valence-corrected chi connectivity index (χ1v) is 7.44. The molecule has 0 saturated heterocycles. The average molecular weight is 362 g/mol. The Morgan fingerprint density at radius 2 is 2.17 bits per heavy atom. The summed E-state index contributed by atoms with van der Waals surface area (Å²) in [7, 11) is 0. The van der Waals surface area contributed by atoms with Gasteiger partial charge < -0.3 is 9.09 Å². The second-order valence-electron chi connectivity index (χ2n) is 4.50. The molecule has 0 atom stereocenters. The van der Waals surface area contributed by atoms with Gasteiger partial charge in [0.1, 0.15) is 11.6 Å². The summed E-state index contributed by atoms with van der Waals surface area (Å²) in [6, 6.07) is 4.16. The van der Waals surface area contributed by atoms with Crippen molar-refractivity contribution in [1.82, 2.24) is 14.7 Å². The van der Waals surface area contributed by atoms with E-state index < -0.39 is 22.3 Å². The standard InChI is InChI=1S/C13H7ClF3N3O2S/c14-8-4-7(13(15,16)17)5-20(12(8)21)6-10-18-11(19-22-10)9-2-1-3-23-9/h1-5H,6H2. The molecule has 0 spiro atoms. The molecule has 3 aromatic heterocycles. The summed E-state index contributed by atoms with van der Waals surface area (Å²) in [6.07, 6.45) is -3.95. The van der Waals surface area contributed by atoms with Gasteiger partial charge in [0.05, 0.1) is 10.4 Å². The SMILES string of the molecule is O=c1c(Cl)cc(C(F)(F)F)cn1Cc1nc(-c2cccs2)no1. The van der Waals surface area contributed by atoms with E-state index in [0.717, 1.165) is 9.44 Å². The largest absolute Gasteiger partial charge is 0.417 e. The summed E-state index contributed by atoms with van der Waals surface area (Å²) in [5, 5.41) is 5.02. The number of alkyl halides is 3. The minimum Gasteiger partial charge on any atom is -0.337 e. The molecule has 0 aliphatic carbocycles. The molecule has 0 aromatic carbocycles. The zero-order valence-corrected chi connectivity index (χ0v) is 12.7. The van der Waals surface area contributed by atoms with Crippen LogP contribution in [0.3, 0.4) is 0 Å². The molecule has 0 aliphatic heterocycles. The topological polar surface area (TPSA) is 60.9 Å². The van der Waals surface area contributed by atoms with Crippen molar-refractivity contribution in [3.05, 3.63) is 56.6 Å². The normalized spacial score (nSPS) is 11.8. The first kappa shape index (κ1) is 15.8. The van der Waals surface area contributed by atoms with Gasteiger partial charge >= 0.3 is 6.18 Å². The fourth-order valence-corrected chi connectivity index (χ4v) is 2.72. The van der Waals surface area contributed by atoms with Gasteiger partial charge in [0.15, 0.2) is 0 Å². The van der Waals surface area contributed by atoms with Crippen LogP contribution in [-0.4, -0.2) is 14.7 Å². The van der Waals surface area contributed by atoms with E-state index in [0.29, 0.717) is 18.1 Å². The van der Waals surface area contributed by atoms with Crippen molar-refractivity contribution in [3.63, 3.8) is 0 Å². The number of rotatable bonds is 3.